The quantitative estimate of drug-likeness (QED) is 0.278. The molecule has 1 aliphatic rings. The molecule has 0 radical (unpaired) electrons. The predicted octanol–water partition coefficient (Wildman–Crippen LogP) is 4.11. The van der Waals surface area contributed by atoms with E-state index in [0.717, 1.165) is 6.42 Å². The highest BCUT2D eigenvalue weighted by Gasteiger charge is 2.58. The number of benzene rings is 5. The molecule has 0 saturated heterocycles. The second-order valence-corrected chi connectivity index (χ2v) is 12.8. The molecule has 6 rings (SSSR count). The summed E-state index contributed by atoms with van der Waals surface area (Å²) in [4.78, 5) is 0. The van der Waals surface area contributed by atoms with E-state index in [2.05, 4.69) is 152 Å². The van der Waals surface area contributed by atoms with Crippen LogP contribution in [0.3, 0.4) is 0 Å². The lowest BCUT2D eigenvalue weighted by Crippen LogP contribution is -3.00. The van der Waals surface area contributed by atoms with Gasteiger partial charge >= 0.3 is 0 Å². The molecule has 2 nitrogen and oxygen atoms in total. The first-order chi connectivity index (χ1) is 17.8. The van der Waals surface area contributed by atoms with Crippen molar-refractivity contribution < 1.29 is 17.0 Å². The van der Waals surface area contributed by atoms with Gasteiger partial charge in [-0.2, -0.15) is 5.11 Å². The van der Waals surface area contributed by atoms with Crippen LogP contribution in [0.4, 0.5) is 0 Å². The van der Waals surface area contributed by atoms with Crippen molar-refractivity contribution in [1.29, 1.82) is 0 Å². The maximum absolute atomic E-state index is 5.22. The zero-order valence-corrected chi connectivity index (χ0v) is 22.9. The van der Waals surface area contributed by atoms with Crippen molar-refractivity contribution in [3.8, 4) is 0 Å². The van der Waals surface area contributed by atoms with Crippen molar-refractivity contribution in [1.82, 2.24) is 0 Å². The highest BCUT2D eigenvalue weighted by molar-refractivity contribution is 7.96. The zero-order chi connectivity index (χ0) is 24.3. The van der Waals surface area contributed by atoms with Crippen molar-refractivity contribution in [2.45, 2.75) is 17.7 Å². The van der Waals surface area contributed by atoms with Gasteiger partial charge in [0.25, 0.3) is 0 Å². The van der Waals surface area contributed by atoms with Gasteiger partial charge in [-0.05, 0) is 47.5 Å². The number of hydrogen-bond acceptors (Lipinski definition) is 2. The number of azo groups is 1. The van der Waals surface area contributed by atoms with Crippen LogP contribution < -0.4 is 32.9 Å². The molecule has 0 bridgehead atoms. The summed E-state index contributed by atoms with van der Waals surface area (Å²) in [6.45, 7) is 0. The number of hydrogen-bond donors (Lipinski definition) is 0. The molecule has 1 unspecified atom stereocenters. The van der Waals surface area contributed by atoms with Crippen molar-refractivity contribution in [3.63, 3.8) is 0 Å². The van der Waals surface area contributed by atoms with Crippen LogP contribution in [0.5, 0.6) is 0 Å². The van der Waals surface area contributed by atoms with E-state index in [1.54, 1.807) is 0 Å². The summed E-state index contributed by atoms with van der Waals surface area (Å²) < 4.78 is 0. The van der Waals surface area contributed by atoms with Gasteiger partial charge < -0.3 is 17.0 Å². The summed E-state index contributed by atoms with van der Waals surface area (Å²) in [6.07, 6.45) is 0.813. The minimum atomic E-state index is -2.18. The maximum Gasteiger partial charge on any atom is 0.194 e. The summed E-state index contributed by atoms with van der Waals surface area (Å²) in [5.74, 6) is 0.00473. The van der Waals surface area contributed by atoms with Gasteiger partial charge in [-0.15, -0.1) is 5.11 Å². The van der Waals surface area contributed by atoms with Gasteiger partial charge in [0.1, 0.15) is 28.7 Å². The van der Waals surface area contributed by atoms with Gasteiger partial charge in [0.15, 0.2) is 5.78 Å². The Balaban J connectivity index is 0.00000280. The van der Waals surface area contributed by atoms with Crippen LogP contribution in [0.25, 0.3) is 0 Å². The standard InChI is InChI=1S/C33H28N2P.BrH/c1-6-16-27(17-7-1)33(28-18-8-2-9-19-28)26-32(34-35-33)36(29-20-10-3-11-21-29,30-22-12-4-13-23-30)31-24-14-5-15-25-31;/h1-25,32H,26H2;1H/q+1;/p-1. The summed E-state index contributed by atoms with van der Waals surface area (Å²) in [7, 11) is -2.18. The molecule has 0 saturated carbocycles. The fraction of sp³-hybridized carbons (Fsp3) is 0.0909. The van der Waals surface area contributed by atoms with Crippen molar-refractivity contribution in [2.75, 3.05) is 0 Å². The van der Waals surface area contributed by atoms with Gasteiger partial charge in [0.2, 0.25) is 0 Å². The monoisotopic (exact) mass is 562 g/mol. The van der Waals surface area contributed by atoms with E-state index >= 15 is 0 Å². The molecule has 5 aromatic rings. The van der Waals surface area contributed by atoms with Gasteiger partial charge in [-0.25, -0.2) is 0 Å². The number of halogens is 1. The van der Waals surface area contributed by atoms with Crippen LogP contribution in [0.2, 0.25) is 0 Å². The normalized spacial score (nSPS) is 16.2. The van der Waals surface area contributed by atoms with E-state index in [4.69, 9.17) is 10.2 Å². The van der Waals surface area contributed by atoms with Gasteiger partial charge in [-0.1, -0.05) is 115 Å². The fourth-order valence-electron chi connectivity index (χ4n) is 5.62. The summed E-state index contributed by atoms with van der Waals surface area (Å²) >= 11 is 0. The number of nitrogens with zero attached hydrogens (tertiary/aromatic N) is 2. The van der Waals surface area contributed by atoms with Crippen LogP contribution in [-0.2, 0) is 5.54 Å². The van der Waals surface area contributed by atoms with Crippen LogP contribution in [0.1, 0.15) is 17.5 Å². The molecule has 182 valence electrons. The molecule has 0 aromatic heterocycles. The predicted molar refractivity (Wildman–Crippen MR) is 152 cm³/mol. The molecule has 1 atom stereocenters. The highest BCUT2D eigenvalue weighted by atomic mass is 79.9. The Morgan fingerprint density at radius 2 is 0.811 bits per heavy atom. The van der Waals surface area contributed by atoms with Crippen molar-refractivity contribution in [3.05, 3.63) is 163 Å². The molecular formula is C33H28BrN2P. The largest absolute Gasteiger partial charge is 1.00 e. The molecule has 0 fully saturated rings. The second-order valence-electron chi connectivity index (χ2n) is 9.22. The summed E-state index contributed by atoms with van der Waals surface area (Å²) in [5.41, 5.74) is 1.86. The first-order valence-electron chi connectivity index (χ1n) is 12.4. The third-order valence-corrected chi connectivity index (χ3v) is 11.8. The average molecular weight is 563 g/mol. The Labute approximate surface area is 230 Å². The molecule has 0 amide bonds. The van der Waals surface area contributed by atoms with E-state index in [1.807, 2.05) is 0 Å². The lowest BCUT2D eigenvalue weighted by Gasteiger charge is -2.33. The van der Waals surface area contributed by atoms with E-state index < -0.39 is 12.8 Å². The third-order valence-electron chi connectivity index (χ3n) is 7.28. The molecule has 37 heavy (non-hydrogen) atoms. The average Bonchev–Trinajstić information content (AvgIpc) is 3.43. The molecule has 5 aromatic carbocycles. The van der Waals surface area contributed by atoms with Crippen molar-refractivity contribution in [2.24, 2.45) is 10.2 Å². The number of rotatable bonds is 6. The fourth-order valence-corrected chi connectivity index (χ4v) is 10.2. The van der Waals surface area contributed by atoms with Gasteiger partial charge in [-0.3, -0.25) is 0 Å². The first kappa shape index (κ1) is 25.3. The minimum Gasteiger partial charge on any atom is -1.00 e. The molecular weight excluding hydrogens is 535 g/mol. The zero-order valence-electron chi connectivity index (χ0n) is 20.4. The molecule has 4 heteroatoms. The Hall–Kier alpha value is -3.39. The van der Waals surface area contributed by atoms with Crippen LogP contribution in [-0.4, -0.2) is 5.78 Å². The van der Waals surface area contributed by atoms with Crippen LogP contribution in [0, 0.1) is 0 Å². The summed E-state index contributed by atoms with van der Waals surface area (Å²) in [5, 5.41) is 14.4. The molecule has 1 aliphatic heterocycles. The Morgan fingerprint density at radius 1 is 0.486 bits per heavy atom. The Bertz CT molecular complexity index is 1310. The first-order valence-corrected chi connectivity index (χ1v) is 14.3. The van der Waals surface area contributed by atoms with E-state index in [0.29, 0.717) is 0 Å². The second kappa shape index (κ2) is 10.9. The van der Waals surface area contributed by atoms with Crippen LogP contribution >= 0.6 is 7.26 Å². The Morgan fingerprint density at radius 3 is 1.16 bits per heavy atom. The highest BCUT2D eigenvalue weighted by Crippen LogP contribution is 2.65. The SMILES string of the molecule is [Br-].c1ccc(C2(c3ccccc3)CC([P+](c3ccccc3)(c3ccccc3)c3ccccc3)N=N2)cc1. The molecule has 0 N–H and O–H groups in total. The maximum atomic E-state index is 5.22. The van der Waals surface area contributed by atoms with Crippen molar-refractivity contribution >= 4 is 23.2 Å². The molecule has 0 aliphatic carbocycles. The third kappa shape index (κ3) is 4.37. The molecule has 0 spiro atoms. The minimum absolute atomic E-state index is 0. The van der Waals surface area contributed by atoms with Gasteiger partial charge in [0.05, 0.1) is 0 Å². The van der Waals surface area contributed by atoms with Gasteiger partial charge in [0, 0.05) is 6.42 Å². The summed E-state index contributed by atoms with van der Waals surface area (Å²) in [6, 6.07) is 54.3. The Kier molecular flexibility index (Phi) is 7.46. The van der Waals surface area contributed by atoms with Crippen LogP contribution in [0.15, 0.2) is 162 Å². The molecule has 1 heterocycles. The topological polar surface area (TPSA) is 24.7 Å². The van der Waals surface area contributed by atoms with E-state index in [9.17, 15) is 0 Å². The van der Waals surface area contributed by atoms with E-state index in [-0.39, 0.29) is 22.8 Å². The lowest BCUT2D eigenvalue weighted by atomic mass is 9.81. The smallest absolute Gasteiger partial charge is 0.194 e. The van der Waals surface area contributed by atoms with E-state index in [1.165, 1.54) is 27.0 Å². The lowest BCUT2D eigenvalue weighted by molar-refractivity contribution is -0.00000700.